The summed E-state index contributed by atoms with van der Waals surface area (Å²) >= 11 is 5.65. The zero-order valence-electron chi connectivity index (χ0n) is 15.9. The van der Waals surface area contributed by atoms with Crippen LogP contribution in [0.1, 0.15) is 23.0 Å². The Morgan fingerprint density at radius 3 is 2.61 bits per heavy atom. The fourth-order valence-corrected chi connectivity index (χ4v) is 3.09. The summed E-state index contributed by atoms with van der Waals surface area (Å²) < 4.78 is 44.9. The molecule has 0 aliphatic rings. The summed E-state index contributed by atoms with van der Waals surface area (Å²) in [7, 11) is 0. The molecule has 2 aromatic heterocycles. The Hall–Kier alpha value is -3.59. The minimum absolute atomic E-state index is 0.181. The minimum atomic E-state index is -4.57. The van der Waals surface area contributed by atoms with E-state index in [0.717, 1.165) is 6.07 Å². The third-order valence-corrected chi connectivity index (χ3v) is 4.65. The molecule has 0 spiro atoms. The van der Waals surface area contributed by atoms with Gasteiger partial charge in [-0.3, -0.25) is 9.78 Å². The zero-order chi connectivity index (χ0) is 22.2. The molecule has 2 heterocycles. The largest absolute Gasteiger partial charge is 0.457 e. The van der Waals surface area contributed by atoms with Crippen molar-refractivity contribution in [2.75, 3.05) is 5.32 Å². The highest BCUT2D eigenvalue weighted by Crippen LogP contribution is 2.36. The molecule has 2 aromatic carbocycles. The van der Waals surface area contributed by atoms with Crippen LogP contribution in [-0.2, 0) is 6.18 Å². The number of Topliss-reactive ketones (excluding diaryl/α,β-unsaturated/α-hetero) is 1. The van der Waals surface area contributed by atoms with Gasteiger partial charge < -0.3 is 15.0 Å². The van der Waals surface area contributed by atoms with E-state index in [0.29, 0.717) is 22.5 Å². The molecule has 31 heavy (non-hydrogen) atoms. The van der Waals surface area contributed by atoms with Crippen LogP contribution in [0, 0.1) is 0 Å². The highest BCUT2D eigenvalue weighted by Gasteiger charge is 2.33. The van der Waals surface area contributed by atoms with Crippen molar-refractivity contribution in [2.24, 2.45) is 0 Å². The molecule has 0 saturated heterocycles. The highest BCUT2D eigenvalue weighted by molar-refractivity contribution is 6.31. The molecule has 4 aromatic rings. The normalized spacial score (nSPS) is 11.5. The average Bonchev–Trinajstić information content (AvgIpc) is 3.10. The first-order valence-corrected chi connectivity index (χ1v) is 9.35. The van der Waals surface area contributed by atoms with Crippen molar-refractivity contribution in [3.8, 4) is 11.5 Å². The molecule has 4 rings (SSSR count). The van der Waals surface area contributed by atoms with E-state index in [1.54, 1.807) is 24.3 Å². The van der Waals surface area contributed by atoms with E-state index in [1.807, 2.05) is 0 Å². The number of carbonyl (C=O) groups is 1. The highest BCUT2D eigenvalue weighted by atomic mass is 35.5. The Bertz CT molecular complexity index is 1290. The van der Waals surface area contributed by atoms with Crippen molar-refractivity contribution < 1.29 is 22.7 Å². The number of aromatic nitrogens is 3. The molecule has 0 radical (unpaired) electrons. The molecule has 0 saturated carbocycles. The van der Waals surface area contributed by atoms with Gasteiger partial charge in [-0.05, 0) is 36.4 Å². The number of halogens is 4. The van der Waals surface area contributed by atoms with Crippen molar-refractivity contribution in [1.82, 2.24) is 15.0 Å². The Kier molecular flexibility index (Phi) is 5.28. The Morgan fingerprint density at radius 1 is 1.10 bits per heavy atom. The monoisotopic (exact) mass is 446 g/mol. The van der Waals surface area contributed by atoms with Crippen LogP contribution in [-0.4, -0.2) is 20.7 Å². The second-order valence-corrected chi connectivity index (χ2v) is 7.02. The third kappa shape index (κ3) is 4.61. The number of carbonyl (C=O) groups excluding carboxylic acids is 1. The van der Waals surface area contributed by atoms with E-state index < -0.39 is 11.7 Å². The molecule has 0 aliphatic heterocycles. The number of ether oxygens (including phenoxy) is 1. The standard InChI is InChI=1S/C21H14ClF3N4O2/c1-11(30)18-9-14(6-7-26-18)31-13-3-5-17-19(10-13)29-20(28-17)27-12-2-4-16(22)15(8-12)21(23,24)25/h2-10H,1H3,(H2,27,28,29). The van der Waals surface area contributed by atoms with E-state index in [9.17, 15) is 18.0 Å². The lowest BCUT2D eigenvalue weighted by Crippen LogP contribution is -2.06. The number of hydrogen-bond donors (Lipinski definition) is 2. The minimum Gasteiger partial charge on any atom is -0.457 e. The summed E-state index contributed by atoms with van der Waals surface area (Å²) in [6.45, 7) is 1.41. The first kappa shape index (κ1) is 20.7. The smallest absolute Gasteiger partial charge is 0.417 e. The van der Waals surface area contributed by atoms with Crippen LogP contribution in [0.2, 0.25) is 5.02 Å². The number of pyridine rings is 1. The van der Waals surface area contributed by atoms with Crippen LogP contribution in [0.3, 0.4) is 0 Å². The Balaban J connectivity index is 1.57. The van der Waals surface area contributed by atoms with E-state index >= 15 is 0 Å². The van der Waals surface area contributed by atoms with Gasteiger partial charge in [-0.15, -0.1) is 0 Å². The lowest BCUT2D eigenvalue weighted by atomic mass is 10.2. The summed E-state index contributed by atoms with van der Waals surface area (Å²) in [5.74, 6) is 0.983. The summed E-state index contributed by atoms with van der Waals surface area (Å²) in [5.41, 5.74) is 0.713. The number of rotatable bonds is 5. The fraction of sp³-hybridized carbons (Fsp3) is 0.0952. The molecular formula is C21H14ClF3N4O2. The van der Waals surface area contributed by atoms with Gasteiger partial charge in [0.25, 0.3) is 0 Å². The van der Waals surface area contributed by atoms with E-state index in [4.69, 9.17) is 16.3 Å². The molecule has 6 nitrogen and oxygen atoms in total. The predicted octanol–water partition coefficient (Wildman–Crippen LogP) is 6.37. The van der Waals surface area contributed by atoms with Gasteiger partial charge >= 0.3 is 6.18 Å². The average molecular weight is 447 g/mol. The number of anilines is 2. The van der Waals surface area contributed by atoms with Gasteiger partial charge in [0.2, 0.25) is 5.95 Å². The SMILES string of the molecule is CC(=O)c1cc(Oc2ccc3[nH]c(Nc4ccc(Cl)c(C(F)(F)F)c4)nc3c2)ccn1. The van der Waals surface area contributed by atoms with Crippen LogP contribution < -0.4 is 10.1 Å². The number of imidazole rings is 1. The lowest BCUT2D eigenvalue weighted by molar-refractivity contribution is -0.137. The maximum atomic E-state index is 13.1. The molecule has 0 atom stereocenters. The molecule has 10 heteroatoms. The second-order valence-electron chi connectivity index (χ2n) is 6.62. The summed E-state index contributed by atoms with van der Waals surface area (Å²) in [6.07, 6.45) is -3.09. The van der Waals surface area contributed by atoms with Gasteiger partial charge in [-0.2, -0.15) is 13.2 Å². The van der Waals surface area contributed by atoms with Crippen molar-refractivity contribution >= 4 is 40.1 Å². The topological polar surface area (TPSA) is 79.9 Å². The Morgan fingerprint density at radius 2 is 1.87 bits per heavy atom. The maximum absolute atomic E-state index is 13.1. The number of ketones is 1. The molecule has 0 amide bonds. The number of benzene rings is 2. The van der Waals surface area contributed by atoms with Crippen molar-refractivity contribution in [1.29, 1.82) is 0 Å². The second kappa shape index (κ2) is 7.92. The summed E-state index contributed by atoms with van der Waals surface area (Å²) in [4.78, 5) is 22.8. The number of aromatic amines is 1. The summed E-state index contributed by atoms with van der Waals surface area (Å²) in [6, 6.07) is 11.7. The van der Waals surface area contributed by atoms with Crippen molar-refractivity contribution in [2.45, 2.75) is 13.1 Å². The molecule has 2 N–H and O–H groups in total. The molecular weight excluding hydrogens is 433 g/mol. The van der Waals surface area contributed by atoms with Gasteiger partial charge in [-0.25, -0.2) is 4.98 Å². The van der Waals surface area contributed by atoms with Gasteiger partial charge in [-0.1, -0.05) is 11.6 Å². The molecule has 158 valence electrons. The lowest BCUT2D eigenvalue weighted by Gasteiger charge is -2.11. The maximum Gasteiger partial charge on any atom is 0.417 e. The van der Waals surface area contributed by atoms with Gasteiger partial charge in [0, 0.05) is 30.9 Å². The number of alkyl halides is 3. The number of hydrogen-bond acceptors (Lipinski definition) is 5. The number of fused-ring (bicyclic) bond motifs is 1. The number of H-pyrrole nitrogens is 1. The van der Waals surface area contributed by atoms with Crippen LogP contribution in [0.25, 0.3) is 11.0 Å². The number of nitrogens with zero attached hydrogens (tertiary/aromatic N) is 2. The molecule has 0 aliphatic carbocycles. The van der Waals surface area contributed by atoms with Crippen molar-refractivity contribution in [3.63, 3.8) is 0 Å². The zero-order valence-corrected chi connectivity index (χ0v) is 16.7. The van der Waals surface area contributed by atoms with Crippen LogP contribution in [0.4, 0.5) is 24.8 Å². The third-order valence-electron chi connectivity index (χ3n) is 4.32. The van der Waals surface area contributed by atoms with Crippen LogP contribution >= 0.6 is 11.6 Å². The van der Waals surface area contributed by atoms with E-state index in [2.05, 4.69) is 20.3 Å². The molecule has 0 fully saturated rings. The van der Waals surface area contributed by atoms with Crippen LogP contribution in [0.15, 0.2) is 54.7 Å². The van der Waals surface area contributed by atoms with Gasteiger partial charge in [0.1, 0.15) is 17.2 Å². The quantitative estimate of drug-likeness (QED) is 0.348. The summed E-state index contributed by atoms with van der Waals surface area (Å²) in [5, 5.41) is 2.43. The van der Waals surface area contributed by atoms with Crippen LogP contribution in [0.5, 0.6) is 11.5 Å². The van der Waals surface area contributed by atoms with E-state index in [-0.39, 0.29) is 28.1 Å². The van der Waals surface area contributed by atoms with Gasteiger partial charge in [0.05, 0.1) is 21.6 Å². The van der Waals surface area contributed by atoms with Gasteiger partial charge in [0.15, 0.2) is 5.78 Å². The first-order chi connectivity index (χ1) is 14.7. The fourth-order valence-electron chi connectivity index (χ4n) is 2.87. The molecule has 0 unspecified atom stereocenters. The molecule has 0 bridgehead atoms. The number of nitrogens with one attached hydrogen (secondary N) is 2. The van der Waals surface area contributed by atoms with Crippen molar-refractivity contribution in [3.05, 3.63) is 71.0 Å². The first-order valence-electron chi connectivity index (χ1n) is 8.97. The van der Waals surface area contributed by atoms with E-state index in [1.165, 1.54) is 31.3 Å². The predicted molar refractivity (Wildman–Crippen MR) is 110 cm³/mol. The Labute approximate surface area is 179 Å².